The normalized spacial score (nSPS) is 21.1. The Balaban J connectivity index is 2.05. The molecular formula is C19H28BNO. The first kappa shape index (κ1) is 17.0. The van der Waals surface area contributed by atoms with E-state index in [1.54, 1.807) is 7.11 Å². The summed E-state index contributed by atoms with van der Waals surface area (Å²) >= 11 is 0. The van der Waals surface area contributed by atoms with Crippen molar-refractivity contribution in [1.29, 1.82) is 0 Å². The summed E-state index contributed by atoms with van der Waals surface area (Å²) in [6, 6.07) is 8.42. The summed E-state index contributed by atoms with van der Waals surface area (Å²) in [7, 11) is 7.79. The van der Waals surface area contributed by atoms with Crippen LogP contribution in [-0.4, -0.2) is 28.0 Å². The predicted octanol–water partition coefficient (Wildman–Crippen LogP) is 4.47. The van der Waals surface area contributed by atoms with Crippen LogP contribution in [0.5, 0.6) is 5.75 Å². The van der Waals surface area contributed by atoms with Crippen LogP contribution in [-0.2, 0) is 0 Å². The van der Waals surface area contributed by atoms with E-state index in [1.807, 2.05) is 12.1 Å². The average Bonchev–Trinajstić information content (AvgIpc) is 2.51. The molecule has 0 bridgehead atoms. The Morgan fingerprint density at radius 2 is 2.00 bits per heavy atom. The molecule has 0 aromatic heterocycles. The zero-order valence-electron chi connectivity index (χ0n) is 14.2. The molecule has 2 radical (unpaired) electrons. The number of nitrogens with zero attached hydrogens (tertiary/aromatic N) is 1. The molecule has 22 heavy (non-hydrogen) atoms. The molecule has 118 valence electrons. The van der Waals surface area contributed by atoms with E-state index in [1.165, 1.54) is 12.1 Å². The Hall–Kier alpha value is -1.38. The summed E-state index contributed by atoms with van der Waals surface area (Å²) in [5.74, 6) is 2.50. The van der Waals surface area contributed by atoms with Gasteiger partial charge in [-0.1, -0.05) is 38.2 Å². The monoisotopic (exact) mass is 297 g/mol. The van der Waals surface area contributed by atoms with E-state index < -0.39 is 0 Å². The molecule has 3 heteroatoms. The van der Waals surface area contributed by atoms with Crippen LogP contribution < -0.4 is 9.64 Å². The molecule has 2 rings (SSSR count). The van der Waals surface area contributed by atoms with Gasteiger partial charge in [-0.15, -0.1) is 0 Å². The van der Waals surface area contributed by atoms with Crippen molar-refractivity contribution in [3.8, 4) is 5.75 Å². The van der Waals surface area contributed by atoms with Gasteiger partial charge in [-0.05, 0) is 48.9 Å². The Morgan fingerprint density at radius 1 is 1.27 bits per heavy atom. The number of benzene rings is 1. The van der Waals surface area contributed by atoms with Gasteiger partial charge in [-0.25, -0.2) is 0 Å². The zero-order chi connectivity index (χ0) is 15.9. The molecule has 1 aliphatic rings. The van der Waals surface area contributed by atoms with Gasteiger partial charge in [0.05, 0.1) is 15.0 Å². The molecule has 1 aliphatic carbocycles. The zero-order valence-corrected chi connectivity index (χ0v) is 14.2. The van der Waals surface area contributed by atoms with E-state index >= 15 is 0 Å². The first-order valence-electron chi connectivity index (χ1n) is 8.39. The van der Waals surface area contributed by atoms with E-state index in [2.05, 4.69) is 43.0 Å². The van der Waals surface area contributed by atoms with Crippen molar-refractivity contribution in [2.75, 3.05) is 25.1 Å². The Bertz CT molecular complexity index is 469. The first-order chi connectivity index (χ1) is 10.6. The lowest BCUT2D eigenvalue weighted by Gasteiger charge is -2.32. The van der Waals surface area contributed by atoms with Crippen LogP contribution in [0.4, 0.5) is 5.69 Å². The SMILES string of the molecule is [B]C1C=CCC(CN(CCC(C)C)c2ccc(OC)cc2)C1. The lowest BCUT2D eigenvalue weighted by molar-refractivity contribution is 0.414. The topological polar surface area (TPSA) is 12.5 Å². The van der Waals surface area contributed by atoms with E-state index in [4.69, 9.17) is 12.6 Å². The van der Waals surface area contributed by atoms with Crippen molar-refractivity contribution in [2.45, 2.75) is 38.9 Å². The van der Waals surface area contributed by atoms with Crippen LogP contribution >= 0.6 is 0 Å². The van der Waals surface area contributed by atoms with Gasteiger partial charge >= 0.3 is 0 Å². The van der Waals surface area contributed by atoms with Crippen LogP contribution in [0.1, 0.15) is 33.1 Å². The maximum absolute atomic E-state index is 6.08. The van der Waals surface area contributed by atoms with Crippen molar-refractivity contribution in [3.63, 3.8) is 0 Å². The highest BCUT2D eigenvalue weighted by Gasteiger charge is 2.18. The molecule has 1 aromatic carbocycles. The van der Waals surface area contributed by atoms with Crippen molar-refractivity contribution in [2.24, 2.45) is 11.8 Å². The van der Waals surface area contributed by atoms with E-state index in [0.717, 1.165) is 31.7 Å². The minimum absolute atomic E-state index is 0.224. The standard InChI is InChI=1S/C19H28BNO/c1-15(2)11-12-21(14-16-5-4-6-17(20)13-16)18-7-9-19(22-3)10-8-18/h4,6-10,15-17H,5,11-14H2,1-3H3. The van der Waals surface area contributed by atoms with Gasteiger partial charge in [-0.3, -0.25) is 0 Å². The summed E-state index contributed by atoms with van der Waals surface area (Å²) in [6.07, 6.45) is 7.82. The molecule has 0 fully saturated rings. The largest absolute Gasteiger partial charge is 0.497 e. The molecule has 0 amide bonds. The summed E-state index contributed by atoms with van der Waals surface area (Å²) in [4.78, 5) is 2.51. The first-order valence-corrected chi connectivity index (χ1v) is 8.39. The fourth-order valence-corrected chi connectivity index (χ4v) is 3.00. The van der Waals surface area contributed by atoms with Gasteiger partial charge in [0, 0.05) is 18.8 Å². The van der Waals surface area contributed by atoms with Crippen molar-refractivity contribution in [3.05, 3.63) is 36.4 Å². The molecule has 0 N–H and O–H groups in total. The quantitative estimate of drug-likeness (QED) is 0.544. The van der Waals surface area contributed by atoms with Gasteiger partial charge in [0.2, 0.25) is 0 Å². The minimum Gasteiger partial charge on any atom is -0.497 e. The number of ether oxygens (including phenoxy) is 1. The summed E-state index contributed by atoms with van der Waals surface area (Å²) in [6.45, 7) is 6.74. The highest BCUT2D eigenvalue weighted by molar-refractivity contribution is 6.12. The highest BCUT2D eigenvalue weighted by atomic mass is 16.5. The molecule has 0 heterocycles. The second-order valence-corrected chi connectivity index (χ2v) is 6.76. The number of anilines is 1. The van der Waals surface area contributed by atoms with Crippen molar-refractivity contribution >= 4 is 13.5 Å². The minimum atomic E-state index is 0.224. The van der Waals surface area contributed by atoms with Crippen LogP contribution in [0.3, 0.4) is 0 Å². The number of hydrogen-bond donors (Lipinski definition) is 0. The predicted molar refractivity (Wildman–Crippen MR) is 96.0 cm³/mol. The summed E-state index contributed by atoms with van der Waals surface area (Å²) in [5, 5.41) is 0. The Labute approximate surface area is 137 Å². The fourth-order valence-electron chi connectivity index (χ4n) is 3.00. The lowest BCUT2D eigenvalue weighted by Crippen LogP contribution is -2.32. The van der Waals surface area contributed by atoms with Crippen molar-refractivity contribution in [1.82, 2.24) is 0 Å². The van der Waals surface area contributed by atoms with Crippen LogP contribution in [0.25, 0.3) is 0 Å². The number of methoxy groups -OCH3 is 1. The second kappa shape index (κ2) is 8.31. The van der Waals surface area contributed by atoms with Gasteiger partial charge in [0.1, 0.15) is 5.75 Å². The van der Waals surface area contributed by atoms with E-state index in [-0.39, 0.29) is 5.82 Å². The van der Waals surface area contributed by atoms with Gasteiger partial charge < -0.3 is 9.64 Å². The molecule has 2 unspecified atom stereocenters. The molecule has 2 atom stereocenters. The average molecular weight is 297 g/mol. The smallest absolute Gasteiger partial charge is 0.119 e. The summed E-state index contributed by atoms with van der Waals surface area (Å²) in [5.41, 5.74) is 1.28. The number of allylic oxidation sites excluding steroid dienone is 2. The Kier molecular flexibility index (Phi) is 6.41. The highest BCUT2D eigenvalue weighted by Crippen LogP contribution is 2.28. The molecule has 0 saturated heterocycles. The third kappa shape index (κ3) is 5.12. The molecule has 0 aliphatic heterocycles. The van der Waals surface area contributed by atoms with Crippen LogP contribution in [0, 0.1) is 11.8 Å². The Morgan fingerprint density at radius 3 is 2.59 bits per heavy atom. The molecular weight excluding hydrogens is 269 g/mol. The maximum atomic E-state index is 6.08. The third-order valence-corrected chi connectivity index (χ3v) is 4.35. The van der Waals surface area contributed by atoms with Crippen LogP contribution in [0.2, 0.25) is 5.82 Å². The number of hydrogen-bond acceptors (Lipinski definition) is 2. The number of rotatable bonds is 7. The fraction of sp³-hybridized carbons (Fsp3) is 0.579. The van der Waals surface area contributed by atoms with E-state index in [0.29, 0.717) is 11.8 Å². The van der Waals surface area contributed by atoms with Gasteiger partial charge in [0.25, 0.3) is 0 Å². The second-order valence-electron chi connectivity index (χ2n) is 6.76. The lowest BCUT2D eigenvalue weighted by atomic mass is 9.75. The molecule has 2 nitrogen and oxygen atoms in total. The molecule has 0 spiro atoms. The maximum Gasteiger partial charge on any atom is 0.119 e. The third-order valence-electron chi connectivity index (χ3n) is 4.35. The van der Waals surface area contributed by atoms with Crippen LogP contribution in [0.15, 0.2) is 36.4 Å². The summed E-state index contributed by atoms with van der Waals surface area (Å²) < 4.78 is 5.27. The van der Waals surface area contributed by atoms with Gasteiger partial charge in [-0.2, -0.15) is 0 Å². The van der Waals surface area contributed by atoms with Gasteiger partial charge in [0.15, 0.2) is 0 Å². The van der Waals surface area contributed by atoms with Crippen molar-refractivity contribution < 1.29 is 4.74 Å². The molecule has 0 saturated carbocycles. The molecule has 1 aromatic rings. The van der Waals surface area contributed by atoms with E-state index in [9.17, 15) is 0 Å².